The molecule has 0 saturated heterocycles. The molecule has 6 nitrogen and oxygen atoms in total. The minimum absolute atomic E-state index is 0.0195. The summed E-state index contributed by atoms with van der Waals surface area (Å²) in [6.45, 7) is 1.90. The Balaban J connectivity index is 1.95. The largest absolute Gasteiger partial charge is 0.481 e. The molecule has 0 bridgehead atoms. The Morgan fingerprint density at radius 1 is 1.37 bits per heavy atom. The monoisotopic (exact) mass is 264 g/mol. The lowest BCUT2D eigenvalue weighted by molar-refractivity contribution is -0.122. The van der Waals surface area contributed by atoms with E-state index in [2.05, 4.69) is 15.3 Å². The number of ether oxygens (including phenoxy) is 1. The van der Waals surface area contributed by atoms with Crippen molar-refractivity contribution < 1.29 is 9.53 Å². The van der Waals surface area contributed by atoms with Gasteiger partial charge in [-0.15, -0.1) is 0 Å². The van der Waals surface area contributed by atoms with E-state index >= 15 is 0 Å². The highest BCUT2D eigenvalue weighted by Crippen LogP contribution is 2.26. The van der Waals surface area contributed by atoms with Crippen molar-refractivity contribution >= 4 is 11.9 Å². The molecule has 1 amide bonds. The van der Waals surface area contributed by atoms with Gasteiger partial charge in [0.15, 0.2) is 0 Å². The molecule has 1 aliphatic carbocycles. The first-order chi connectivity index (χ1) is 9.08. The SMILES string of the molecule is COc1cc(C)nc(NC2CCC(C(N)=O)CC2)n1. The van der Waals surface area contributed by atoms with Crippen LogP contribution < -0.4 is 15.8 Å². The molecule has 0 radical (unpaired) electrons. The van der Waals surface area contributed by atoms with E-state index in [0.29, 0.717) is 17.9 Å². The summed E-state index contributed by atoms with van der Waals surface area (Å²) in [6, 6.07) is 2.08. The maximum atomic E-state index is 11.1. The normalized spacial score (nSPS) is 22.8. The molecule has 6 heteroatoms. The zero-order valence-corrected chi connectivity index (χ0v) is 11.3. The molecule has 1 heterocycles. The Hall–Kier alpha value is -1.85. The summed E-state index contributed by atoms with van der Waals surface area (Å²) in [5.74, 6) is 0.970. The molecule has 0 spiro atoms. The standard InChI is InChI=1S/C13H20N4O2/c1-8-7-11(19-2)17-13(15-8)16-10-5-3-9(4-6-10)12(14)18/h7,9-10H,3-6H2,1-2H3,(H2,14,18)(H,15,16,17). The molecule has 0 unspecified atom stereocenters. The Labute approximate surface area is 112 Å². The summed E-state index contributed by atoms with van der Waals surface area (Å²) >= 11 is 0. The average molecular weight is 264 g/mol. The lowest BCUT2D eigenvalue weighted by atomic mass is 9.86. The summed E-state index contributed by atoms with van der Waals surface area (Å²) in [5.41, 5.74) is 6.18. The quantitative estimate of drug-likeness (QED) is 0.854. The number of methoxy groups -OCH3 is 1. The summed E-state index contributed by atoms with van der Waals surface area (Å²) in [5, 5.41) is 3.30. The topological polar surface area (TPSA) is 90.1 Å². The predicted octanol–water partition coefficient (Wildman–Crippen LogP) is 1.25. The van der Waals surface area contributed by atoms with E-state index in [1.54, 1.807) is 13.2 Å². The van der Waals surface area contributed by atoms with Gasteiger partial charge in [0.2, 0.25) is 17.7 Å². The number of nitrogens with two attached hydrogens (primary N) is 1. The Morgan fingerprint density at radius 3 is 2.63 bits per heavy atom. The van der Waals surface area contributed by atoms with E-state index < -0.39 is 0 Å². The first kappa shape index (κ1) is 13.6. The van der Waals surface area contributed by atoms with E-state index in [1.807, 2.05) is 6.92 Å². The smallest absolute Gasteiger partial charge is 0.226 e. The van der Waals surface area contributed by atoms with Gasteiger partial charge in [0.05, 0.1) is 7.11 Å². The summed E-state index contributed by atoms with van der Waals surface area (Å²) in [6.07, 6.45) is 3.48. The molecule has 1 saturated carbocycles. The molecule has 2 rings (SSSR count). The van der Waals surface area contributed by atoms with Crippen LogP contribution in [0, 0.1) is 12.8 Å². The van der Waals surface area contributed by atoms with Gasteiger partial charge in [0, 0.05) is 23.7 Å². The third-order valence-corrected chi connectivity index (χ3v) is 3.50. The molecule has 0 atom stereocenters. The van der Waals surface area contributed by atoms with E-state index in [-0.39, 0.29) is 11.8 Å². The fourth-order valence-electron chi connectivity index (χ4n) is 2.41. The molecular formula is C13H20N4O2. The van der Waals surface area contributed by atoms with Crippen LogP contribution in [0.4, 0.5) is 5.95 Å². The van der Waals surface area contributed by atoms with Crippen molar-refractivity contribution in [1.29, 1.82) is 0 Å². The van der Waals surface area contributed by atoms with Crippen molar-refractivity contribution in [3.05, 3.63) is 11.8 Å². The summed E-state index contributed by atoms with van der Waals surface area (Å²) < 4.78 is 5.12. The number of carbonyl (C=O) groups is 1. The van der Waals surface area contributed by atoms with Crippen molar-refractivity contribution in [2.24, 2.45) is 11.7 Å². The van der Waals surface area contributed by atoms with Gasteiger partial charge in [0.25, 0.3) is 0 Å². The Kier molecular flexibility index (Phi) is 4.19. The first-order valence-electron chi connectivity index (χ1n) is 6.54. The second kappa shape index (κ2) is 5.86. The van der Waals surface area contributed by atoms with E-state index in [4.69, 9.17) is 10.5 Å². The van der Waals surface area contributed by atoms with Crippen LogP contribution in [-0.4, -0.2) is 29.0 Å². The van der Waals surface area contributed by atoms with Crippen molar-refractivity contribution in [1.82, 2.24) is 9.97 Å². The Morgan fingerprint density at radius 2 is 2.05 bits per heavy atom. The van der Waals surface area contributed by atoms with Crippen molar-refractivity contribution in [2.45, 2.75) is 38.6 Å². The highest BCUT2D eigenvalue weighted by molar-refractivity contribution is 5.76. The second-order valence-corrected chi connectivity index (χ2v) is 4.97. The predicted molar refractivity (Wildman–Crippen MR) is 71.9 cm³/mol. The number of primary amides is 1. The highest BCUT2D eigenvalue weighted by Gasteiger charge is 2.25. The number of amides is 1. The van der Waals surface area contributed by atoms with Crippen LogP contribution in [0.1, 0.15) is 31.4 Å². The number of nitrogens with one attached hydrogen (secondary N) is 1. The van der Waals surface area contributed by atoms with Crippen LogP contribution in [0.15, 0.2) is 6.07 Å². The molecule has 1 aromatic rings. The summed E-state index contributed by atoms with van der Waals surface area (Å²) in [7, 11) is 1.59. The number of hydrogen-bond donors (Lipinski definition) is 2. The van der Waals surface area contributed by atoms with Gasteiger partial charge in [-0.25, -0.2) is 4.98 Å². The average Bonchev–Trinajstić information content (AvgIpc) is 2.38. The van der Waals surface area contributed by atoms with E-state index in [9.17, 15) is 4.79 Å². The number of carbonyl (C=O) groups excluding carboxylic acids is 1. The van der Waals surface area contributed by atoms with Gasteiger partial charge in [0.1, 0.15) is 0 Å². The van der Waals surface area contributed by atoms with Crippen molar-refractivity contribution in [3.8, 4) is 5.88 Å². The molecule has 1 aliphatic rings. The third kappa shape index (κ3) is 3.56. The Bertz CT molecular complexity index is 456. The number of nitrogens with zero attached hydrogens (tertiary/aromatic N) is 2. The molecule has 104 valence electrons. The van der Waals surface area contributed by atoms with Crippen LogP contribution in [0.5, 0.6) is 5.88 Å². The van der Waals surface area contributed by atoms with Crippen LogP contribution >= 0.6 is 0 Å². The summed E-state index contributed by atoms with van der Waals surface area (Å²) in [4.78, 5) is 19.7. The van der Waals surface area contributed by atoms with Gasteiger partial charge < -0.3 is 15.8 Å². The molecular weight excluding hydrogens is 244 g/mol. The number of hydrogen-bond acceptors (Lipinski definition) is 5. The molecule has 0 aliphatic heterocycles. The van der Waals surface area contributed by atoms with Crippen LogP contribution in [-0.2, 0) is 4.79 Å². The number of aryl methyl sites for hydroxylation is 1. The lowest BCUT2D eigenvalue weighted by Crippen LogP contribution is -2.32. The second-order valence-electron chi connectivity index (χ2n) is 4.97. The molecule has 1 aromatic heterocycles. The molecule has 1 fully saturated rings. The fraction of sp³-hybridized carbons (Fsp3) is 0.615. The fourth-order valence-corrected chi connectivity index (χ4v) is 2.41. The molecule has 19 heavy (non-hydrogen) atoms. The maximum Gasteiger partial charge on any atom is 0.226 e. The molecule has 3 N–H and O–H groups in total. The zero-order valence-electron chi connectivity index (χ0n) is 11.3. The third-order valence-electron chi connectivity index (χ3n) is 3.50. The van der Waals surface area contributed by atoms with E-state index in [1.165, 1.54) is 0 Å². The van der Waals surface area contributed by atoms with E-state index in [0.717, 1.165) is 31.4 Å². The van der Waals surface area contributed by atoms with Crippen LogP contribution in [0.25, 0.3) is 0 Å². The van der Waals surface area contributed by atoms with Gasteiger partial charge in [-0.2, -0.15) is 4.98 Å². The van der Waals surface area contributed by atoms with Gasteiger partial charge in [-0.1, -0.05) is 0 Å². The minimum atomic E-state index is -0.188. The zero-order chi connectivity index (χ0) is 13.8. The maximum absolute atomic E-state index is 11.1. The first-order valence-corrected chi connectivity index (χ1v) is 6.54. The number of anilines is 1. The molecule has 0 aromatic carbocycles. The van der Waals surface area contributed by atoms with Crippen molar-refractivity contribution in [2.75, 3.05) is 12.4 Å². The minimum Gasteiger partial charge on any atom is -0.481 e. The van der Waals surface area contributed by atoms with Crippen LogP contribution in [0.3, 0.4) is 0 Å². The van der Waals surface area contributed by atoms with Gasteiger partial charge in [-0.05, 0) is 32.6 Å². The lowest BCUT2D eigenvalue weighted by Gasteiger charge is -2.27. The van der Waals surface area contributed by atoms with Crippen molar-refractivity contribution in [3.63, 3.8) is 0 Å². The van der Waals surface area contributed by atoms with Crippen LogP contribution in [0.2, 0.25) is 0 Å². The van der Waals surface area contributed by atoms with Gasteiger partial charge >= 0.3 is 0 Å². The highest BCUT2D eigenvalue weighted by atomic mass is 16.5. The number of rotatable bonds is 4. The number of aromatic nitrogens is 2. The van der Waals surface area contributed by atoms with Gasteiger partial charge in [-0.3, -0.25) is 4.79 Å².